The molecule has 1 aliphatic rings. The van der Waals surface area contributed by atoms with E-state index in [9.17, 15) is 5.11 Å². The van der Waals surface area contributed by atoms with E-state index in [2.05, 4.69) is 4.98 Å². The lowest BCUT2D eigenvalue weighted by Crippen LogP contribution is -2.38. The second-order valence-electron chi connectivity index (χ2n) is 4.01. The fourth-order valence-electron chi connectivity index (χ4n) is 1.88. The lowest BCUT2D eigenvalue weighted by Gasteiger charge is -2.26. The van der Waals surface area contributed by atoms with Crippen LogP contribution in [0.5, 0.6) is 0 Å². The van der Waals surface area contributed by atoms with Crippen molar-refractivity contribution in [3.8, 4) is 0 Å². The molecule has 2 unspecified atom stereocenters. The van der Waals surface area contributed by atoms with E-state index in [1.54, 1.807) is 12.4 Å². The van der Waals surface area contributed by atoms with Gasteiger partial charge in [-0.2, -0.15) is 0 Å². The number of rotatable bonds is 2. The Bertz CT molecular complexity index is 358. The number of ether oxygens (including phenoxy) is 1. The van der Waals surface area contributed by atoms with Crippen LogP contribution in [-0.2, 0) is 11.2 Å². The van der Waals surface area contributed by atoms with E-state index in [0.29, 0.717) is 24.5 Å². The van der Waals surface area contributed by atoms with Gasteiger partial charge < -0.3 is 9.84 Å². The normalized spacial score (nSPS) is 30.7. The molecule has 0 spiro atoms. The van der Waals surface area contributed by atoms with Crippen LogP contribution < -0.4 is 0 Å². The van der Waals surface area contributed by atoms with Crippen molar-refractivity contribution >= 4 is 11.6 Å². The van der Waals surface area contributed by atoms with E-state index in [4.69, 9.17) is 16.3 Å². The highest BCUT2D eigenvalue weighted by Gasteiger charge is 2.39. The first kappa shape index (κ1) is 10.9. The number of aromatic nitrogens is 1. The third-order valence-corrected chi connectivity index (χ3v) is 3.35. The Balaban J connectivity index is 2.18. The monoisotopic (exact) mass is 227 g/mol. The van der Waals surface area contributed by atoms with E-state index in [1.165, 1.54) is 0 Å². The van der Waals surface area contributed by atoms with Crippen molar-refractivity contribution in [2.45, 2.75) is 31.5 Å². The van der Waals surface area contributed by atoms with Gasteiger partial charge in [-0.3, -0.25) is 4.98 Å². The summed E-state index contributed by atoms with van der Waals surface area (Å²) >= 11 is 6.00. The first-order valence-electron chi connectivity index (χ1n) is 5.04. The highest BCUT2D eigenvalue weighted by molar-refractivity contribution is 6.31. The highest BCUT2D eigenvalue weighted by Crippen LogP contribution is 2.31. The SMILES string of the molecule is CC1OCCC1(O)Cc1ccncc1Cl. The summed E-state index contributed by atoms with van der Waals surface area (Å²) in [6, 6.07) is 1.84. The van der Waals surface area contributed by atoms with Gasteiger partial charge in [-0.1, -0.05) is 11.6 Å². The van der Waals surface area contributed by atoms with E-state index in [0.717, 1.165) is 5.56 Å². The zero-order valence-electron chi connectivity index (χ0n) is 8.61. The molecule has 1 aromatic rings. The summed E-state index contributed by atoms with van der Waals surface area (Å²) in [5.41, 5.74) is 0.136. The molecule has 3 nitrogen and oxygen atoms in total. The van der Waals surface area contributed by atoms with Gasteiger partial charge in [-0.05, 0) is 18.6 Å². The van der Waals surface area contributed by atoms with E-state index in [1.807, 2.05) is 13.0 Å². The minimum absolute atomic E-state index is 0.137. The highest BCUT2D eigenvalue weighted by atomic mass is 35.5. The zero-order chi connectivity index (χ0) is 10.9. The second-order valence-corrected chi connectivity index (χ2v) is 4.42. The molecule has 1 N–H and O–H groups in total. The average molecular weight is 228 g/mol. The minimum Gasteiger partial charge on any atom is -0.387 e. The van der Waals surface area contributed by atoms with Gasteiger partial charge in [0.25, 0.3) is 0 Å². The molecule has 15 heavy (non-hydrogen) atoms. The van der Waals surface area contributed by atoms with Gasteiger partial charge in [0.2, 0.25) is 0 Å². The van der Waals surface area contributed by atoms with Gasteiger partial charge >= 0.3 is 0 Å². The van der Waals surface area contributed by atoms with Gasteiger partial charge in [0.15, 0.2) is 0 Å². The maximum Gasteiger partial charge on any atom is 0.0967 e. The van der Waals surface area contributed by atoms with Gasteiger partial charge in [-0.25, -0.2) is 0 Å². The van der Waals surface area contributed by atoms with Gasteiger partial charge in [-0.15, -0.1) is 0 Å². The van der Waals surface area contributed by atoms with E-state index >= 15 is 0 Å². The standard InChI is InChI=1S/C11H14ClNO2/c1-8-11(14,3-5-15-8)6-9-2-4-13-7-10(9)12/h2,4,7-8,14H,3,5-6H2,1H3. The lowest BCUT2D eigenvalue weighted by atomic mass is 9.89. The molecule has 0 bridgehead atoms. The zero-order valence-corrected chi connectivity index (χ0v) is 9.37. The van der Waals surface area contributed by atoms with Gasteiger partial charge in [0.1, 0.15) is 0 Å². The van der Waals surface area contributed by atoms with Gasteiger partial charge in [0.05, 0.1) is 16.7 Å². The maximum absolute atomic E-state index is 10.3. The third-order valence-electron chi connectivity index (χ3n) is 3.01. The Kier molecular flexibility index (Phi) is 2.96. The summed E-state index contributed by atoms with van der Waals surface area (Å²) in [6.07, 6.45) is 4.33. The molecule has 1 saturated heterocycles. The molecule has 82 valence electrons. The first-order chi connectivity index (χ1) is 7.12. The molecule has 2 atom stereocenters. The van der Waals surface area contributed by atoms with Crippen molar-refractivity contribution in [2.24, 2.45) is 0 Å². The molecular weight excluding hydrogens is 214 g/mol. The van der Waals surface area contributed by atoms with Crippen LogP contribution >= 0.6 is 11.6 Å². The van der Waals surface area contributed by atoms with E-state index < -0.39 is 5.60 Å². The predicted octanol–water partition coefficient (Wildman–Crippen LogP) is 1.82. The molecule has 0 aromatic carbocycles. The predicted molar refractivity (Wildman–Crippen MR) is 57.9 cm³/mol. The number of pyridine rings is 1. The molecule has 2 heterocycles. The number of hydrogen-bond donors (Lipinski definition) is 1. The summed E-state index contributed by atoms with van der Waals surface area (Å²) in [5.74, 6) is 0. The van der Waals surface area contributed by atoms with Crippen LogP contribution in [0, 0.1) is 0 Å². The lowest BCUT2D eigenvalue weighted by molar-refractivity contribution is -0.0268. The number of nitrogens with zero attached hydrogens (tertiary/aromatic N) is 1. The van der Waals surface area contributed by atoms with Gasteiger partial charge in [0, 0.05) is 31.8 Å². The fraction of sp³-hybridized carbons (Fsp3) is 0.545. The average Bonchev–Trinajstić information content (AvgIpc) is 2.51. The molecule has 0 amide bonds. The summed E-state index contributed by atoms with van der Waals surface area (Å²) < 4.78 is 5.37. The topological polar surface area (TPSA) is 42.4 Å². The van der Waals surface area contributed by atoms with Crippen molar-refractivity contribution in [3.63, 3.8) is 0 Å². The molecule has 1 fully saturated rings. The van der Waals surface area contributed by atoms with E-state index in [-0.39, 0.29) is 6.10 Å². The summed E-state index contributed by atoms with van der Waals surface area (Å²) in [7, 11) is 0. The first-order valence-corrected chi connectivity index (χ1v) is 5.42. The summed E-state index contributed by atoms with van der Waals surface area (Å²) in [5, 5.41) is 10.9. The van der Waals surface area contributed by atoms with Crippen molar-refractivity contribution in [1.29, 1.82) is 0 Å². The molecular formula is C11H14ClNO2. The van der Waals surface area contributed by atoms with Crippen LogP contribution in [0.2, 0.25) is 5.02 Å². The molecule has 0 radical (unpaired) electrons. The van der Waals surface area contributed by atoms with Crippen molar-refractivity contribution < 1.29 is 9.84 Å². The van der Waals surface area contributed by atoms with Crippen LogP contribution in [-0.4, -0.2) is 28.4 Å². The summed E-state index contributed by atoms with van der Waals surface area (Å²) in [6.45, 7) is 2.50. The third kappa shape index (κ3) is 2.14. The number of hydrogen-bond acceptors (Lipinski definition) is 3. The Morgan fingerprint density at radius 3 is 3.13 bits per heavy atom. The number of halogens is 1. The molecule has 1 aromatic heterocycles. The summed E-state index contributed by atoms with van der Waals surface area (Å²) in [4.78, 5) is 3.92. The second kappa shape index (κ2) is 4.08. The Morgan fingerprint density at radius 1 is 1.73 bits per heavy atom. The van der Waals surface area contributed by atoms with Crippen LogP contribution in [0.1, 0.15) is 18.9 Å². The molecule has 4 heteroatoms. The molecule has 0 aliphatic carbocycles. The fourth-order valence-corrected chi connectivity index (χ4v) is 2.07. The van der Waals surface area contributed by atoms with Crippen molar-refractivity contribution in [2.75, 3.05) is 6.61 Å². The Hall–Kier alpha value is -0.640. The smallest absolute Gasteiger partial charge is 0.0967 e. The quantitative estimate of drug-likeness (QED) is 0.838. The molecule has 1 aliphatic heterocycles. The molecule has 2 rings (SSSR count). The van der Waals surface area contributed by atoms with Crippen molar-refractivity contribution in [3.05, 3.63) is 29.0 Å². The Morgan fingerprint density at radius 2 is 2.53 bits per heavy atom. The molecule has 0 saturated carbocycles. The van der Waals surface area contributed by atoms with Crippen LogP contribution in [0.3, 0.4) is 0 Å². The largest absolute Gasteiger partial charge is 0.387 e. The van der Waals surface area contributed by atoms with Crippen LogP contribution in [0.15, 0.2) is 18.5 Å². The van der Waals surface area contributed by atoms with Crippen molar-refractivity contribution in [1.82, 2.24) is 4.98 Å². The Labute approximate surface area is 94.0 Å². The number of aliphatic hydroxyl groups is 1. The maximum atomic E-state index is 10.3. The minimum atomic E-state index is -0.787. The van der Waals surface area contributed by atoms with Crippen LogP contribution in [0.4, 0.5) is 0 Å². The van der Waals surface area contributed by atoms with Crippen LogP contribution in [0.25, 0.3) is 0 Å².